The van der Waals surface area contributed by atoms with Crippen molar-refractivity contribution in [1.82, 2.24) is 20.4 Å². The van der Waals surface area contributed by atoms with Crippen molar-refractivity contribution in [2.75, 3.05) is 0 Å². The fourth-order valence-electron chi connectivity index (χ4n) is 6.10. The smallest absolute Gasteiger partial charge is 0.323 e. The molecule has 2 heterocycles. The predicted octanol–water partition coefficient (Wildman–Crippen LogP) is 3.98. The second kappa shape index (κ2) is 9.04. The van der Waals surface area contributed by atoms with E-state index in [1.54, 1.807) is 0 Å². The molecule has 2 aliphatic carbocycles. The van der Waals surface area contributed by atoms with Gasteiger partial charge in [-0.05, 0) is 36.8 Å². The molecule has 0 bridgehead atoms. The maximum atomic E-state index is 13.1. The van der Waals surface area contributed by atoms with Crippen LogP contribution in [0, 0.1) is 0 Å². The van der Waals surface area contributed by atoms with Crippen LogP contribution in [-0.2, 0) is 22.7 Å². The second-order valence-corrected chi connectivity index (χ2v) is 10.5. The van der Waals surface area contributed by atoms with Gasteiger partial charge >= 0.3 is 12.1 Å². The summed E-state index contributed by atoms with van der Waals surface area (Å²) in [7, 11) is 0. The van der Waals surface area contributed by atoms with Gasteiger partial charge in [-0.1, -0.05) is 75.6 Å². The Morgan fingerprint density at radius 2 is 0.882 bits per heavy atom. The summed E-state index contributed by atoms with van der Waals surface area (Å²) in [5.41, 5.74) is 0.223. The van der Waals surface area contributed by atoms with Crippen LogP contribution in [-0.4, -0.2) is 44.8 Å². The first-order valence-electron chi connectivity index (χ1n) is 12.8. The van der Waals surface area contributed by atoms with Gasteiger partial charge in [0.05, 0.1) is 13.1 Å². The van der Waals surface area contributed by atoms with Gasteiger partial charge in [0.25, 0.3) is 11.8 Å². The van der Waals surface area contributed by atoms with E-state index in [0.717, 1.165) is 62.5 Å². The second-order valence-electron chi connectivity index (χ2n) is 10.5. The third-order valence-corrected chi connectivity index (χ3v) is 8.11. The molecule has 0 radical (unpaired) electrons. The van der Waals surface area contributed by atoms with Gasteiger partial charge in [0.1, 0.15) is 11.1 Å². The summed E-state index contributed by atoms with van der Waals surface area (Å²) in [5, 5.41) is 5.96. The minimum absolute atomic E-state index is 0.114. The van der Waals surface area contributed by atoms with E-state index in [-0.39, 0.29) is 37.0 Å². The van der Waals surface area contributed by atoms with E-state index in [1.165, 1.54) is 9.80 Å². The Bertz CT molecular complexity index is 894. The minimum Gasteiger partial charge on any atom is -0.323 e. The number of imide groups is 2. The lowest BCUT2D eigenvalue weighted by Crippen LogP contribution is -2.46. The Balaban J connectivity index is 1.24. The van der Waals surface area contributed by atoms with Crippen molar-refractivity contribution < 1.29 is 19.2 Å². The molecule has 1 aromatic rings. The lowest BCUT2D eigenvalue weighted by Gasteiger charge is -2.25. The monoisotopic (exact) mass is 466 g/mol. The maximum Gasteiger partial charge on any atom is 0.325 e. The fourth-order valence-corrected chi connectivity index (χ4v) is 6.10. The highest BCUT2D eigenvalue weighted by Crippen LogP contribution is 2.35. The molecule has 4 fully saturated rings. The predicted molar refractivity (Wildman–Crippen MR) is 125 cm³/mol. The number of urea groups is 2. The molecule has 2 aliphatic heterocycles. The summed E-state index contributed by atoms with van der Waals surface area (Å²) in [6.07, 6.45) is 11.1. The molecular weight excluding hydrogens is 432 g/mol. The molecule has 2 saturated heterocycles. The SMILES string of the molecule is O=C1NC2(CCCCCC2)C(=O)N1Cc1ccc(CN2C(=O)NC3(CCCCCC3)C2=O)cc1. The van der Waals surface area contributed by atoms with E-state index >= 15 is 0 Å². The molecule has 0 aromatic heterocycles. The van der Waals surface area contributed by atoms with Crippen molar-refractivity contribution in [1.29, 1.82) is 0 Å². The van der Waals surface area contributed by atoms with Gasteiger partial charge in [-0.2, -0.15) is 0 Å². The number of nitrogens with one attached hydrogen (secondary N) is 2. The molecule has 0 atom stereocenters. The van der Waals surface area contributed by atoms with Crippen LogP contribution >= 0.6 is 0 Å². The van der Waals surface area contributed by atoms with Gasteiger partial charge in [0.15, 0.2) is 0 Å². The van der Waals surface area contributed by atoms with Crippen LogP contribution in [0.3, 0.4) is 0 Å². The van der Waals surface area contributed by atoms with E-state index < -0.39 is 11.1 Å². The molecular formula is C26H34N4O4. The first kappa shape index (κ1) is 22.9. The number of nitrogens with zero attached hydrogens (tertiary/aromatic N) is 2. The minimum atomic E-state index is -0.731. The summed E-state index contributed by atoms with van der Waals surface area (Å²) < 4.78 is 0. The third kappa shape index (κ3) is 4.07. The van der Waals surface area contributed by atoms with Gasteiger partial charge in [0.2, 0.25) is 0 Å². The summed E-state index contributed by atoms with van der Waals surface area (Å²) in [5.74, 6) is -0.229. The zero-order chi connectivity index (χ0) is 23.8. The average Bonchev–Trinajstić information content (AvgIpc) is 3.08. The average molecular weight is 467 g/mol. The lowest BCUT2D eigenvalue weighted by atomic mass is 9.90. The van der Waals surface area contributed by atoms with Crippen molar-refractivity contribution >= 4 is 23.9 Å². The third-order valence-electron chi connectivity index (χ3n) is 8.11. The van der Waals surface area contributed by atoms with E-state index in [9.17, 15) is 19.2 Å². The number of carbonyl (C=O) groups excluding carboxylic acids is 4. The quantitative estimate of drug-likeness (QED) is 0.656. The van der Waals surface area contributed by atoms with Crippen LogP contribution in [0.2, 0.25) is 0 Å². The molecule has 34 heavy (non-hydrogen) atoms. The Morgan fingerprint density at radius 1 is 0.559 bits per heavy atom. The molecule has 8 nitrogen and oxygen atoms in total. The number of benzene rings is 1. The molecule has 2 N–H and O–H groups in total. The van der Waals surface area contributed by atoms with Crippen LogP contribution in [0.25, 0.3) is 0 Å². The fraction of sp³-hybridized carbons (Fsp3) is 0.615. The van der Waals surface area contributed by atoms with Crippen LogP contribution in [0.15, 0.2) is 24.3 Å². The summed E-state index contributed by atoms with van der Waals surface area (Å²) in [6, 6.07) is 6.84. The first-order valence-corrected chi connectivity index (χ1v) is 12.8. The molecule has 182 valence electrons. The van der Waals surface area contributed by atoms with Gasteiger partial charge < -0.3 is 10.6 Å². The van der Waals surface area contributed by atoms with Crippen molar-refractivity contribution in [3.8, 4) is 0 Å². The van der Waals surface area contributed by atoms with Gasteiger partial charge in [0, 0.05) is 0 Å². The maximum absolute atomic E-state index is 13.1. The van der Waals surface area contributed by atoms with Crippen LogP contribution in [0.5, 0.6) is 0 Å². The number of carbonyl (C=O) groups is 4. The number of hydrogen-bond acceptors (Lipinski definition) is 4. The molecule has 2 spiro atoms. The van der Waals surface area contributed by atoms with E-state index in [1.807, 2.05) is 24.3 Å². The van der Waals surface area contributed by atoms with Gasteiger partial charge in [-0.3, -0.25) is 19.4 Å². The molecule has 5 rings (SSSR count). The molecule has 0 unspecified atom stereocenters. The Labute approximate surface area is 200 Å². The lowest BCUT2D eigenvalue weighted by molar-refractivity contribution is -0.133. The zero-order valence-corrected chi connectivity index (χ0v) is 19.7. The van der Waals surface area contributed by atoms with Crippen molar-refractivity contribution in [2.45, 2.75) is 101 Å². The number of hydrogen-bond donors (Lipinski definition) is 2. The van der Waals surface area contributed by atoms with Crippen molar-refractivity contribution in [3.05, 3.63) is 35.4 Å². The van der Waals surface area contributed by atoms with Crippen LogP contribution < -0.4 is 10.6 Å². The van der Waals surface area contributed by atoms with Crippen LogP contribution in [0.1, 0.15) is 88.2 Å². The molecule has 1 aromatic carbocycles. The highest BCUT2D eigenvalue weighted by molar-refractivity contribution is 6.07. The highest BCUT2D eigenvalue weighted by Gasteiger charge is 2.51. The number of amides is 6. The van der Waals surface area contributed by atoms with Gasteiger partial charge in [-0.15, -0.1) is 0 Å². The topological polar surface area (TPSA) is 98.8 Å². The largest absolute Gasteiger partial charge is 0.325 e. The van der Waals surface area contributed by atoms with E-state index in [2.05, 4.69) is 10.6 Å². The normalized spacial score (nSPS) is 24.4. The van der Waals surface area contributed by atoms with E-state index in [0.29, 0.717) is 25.7 Å². The van der Waals surface area contributed by atoms with E-state index in [4.69, 9.17) is 0 Å². The summed E-state index contributed by atoms with van der Waals surface area (Å²) in [6.45, 7) is 0.442. The first-order chi connectivity index (χ1) is 16.4. The Morgan fingerprint density at radius 3 is 1.21 bits per heavy atom. The summed E-state index contributed by atoms with van der Waals surface area (Å²) in [4.78, 5) is 54.2. The molecule has 8 heteroatoms. The molecule has 4 aliphatic rings. The van der Waals surface area contributed by atoms with Crippen molar-refractivity contribution in [3.63, 3.8) is 0 Å². The Kier molecular flexibility index (Phi) is 6.08. The standard InChI is InChI=1S/C26H34N4O4/c31-21-25(13-5-1-2-6-14-25)27-23(33)29(21)17-19-9-11-20(12-10-19)18-30-22(32)26(28-24(30)34)15-7-3-4-8-16-26/h9-12H,1-8,13-18H2,(H,27,33)(H,28,34). The highest BCUT2D eigenvalue weighted by atomic mass is 16.2. The molecule has 2 saturated carbocycles. The van der Waals surface area contributed by atoms with Crippen molar-refractivity contribution in [2.24, 2.45) is 0 Å². The Hall–Kier alpha value is -2.90. The number of rotatable bonds is 4. The van der Waals surface area contributed by atoms with Crippen LogP contribution in [0.4, 0.5) is 9.59 Å². The summed E-state index contributed by atoms with van der Waals surface area (Å²) >= 11 is 0. The molecule has 6 amide bonds. The zero-order valence-electron chi connectivity index (χ0n) is 19.7. The van der Waals surface area contributed by atoms with Gasteiger partial charge in [-0.25, -0.2) is 9.59 Å².